The highest BCUT2D eigenvalue weighted by molar-refractivity contribution is 9.10. The van der Waals surface area contributed by atoms with Crippen molar-refractivity contribution < 1.29 is 13.6 Å². The molecule has 1 rings (SSSR count). The number of Topliss-reactive ketones (excluding diaryl/α,β-unsaturated/α-hetero) is 1. The highest BCUT2D eigenvalue weighted by Gasteiger charge is 2.19. The van der Waals surface area contributed by atoms with Gasteiger partial charge in [-0.15, -0.1) is 0 Å². The van der Waals surface area contributed by atoms with E-state index in [0.29, 0.717) is 6.42 Å². The summed E-state index contributed by atoms with van der Waals surface area (Å²) in [6.45, 7) is 1.74. The van der Waals surface area contributed by atoms with Crippen LogP contribution < -0.4 is 5.73 Å². The number of benzene rings is 1. The largest absolute Gasteiger partial charge is 0.328 e. The van der Waals surface area contributed by atoms with Crippen molar-refractivity contribution in [1.29, 1.82) is 0 Å². The zero-order valence-electron chi connectivity index (χ0n) is 8.77. The van der Waals surface area contributed by atoms with Crippen molar-refractivity contribution in [3.8, 4) is 0 Å². The Morgan fingerprint density at radius 3 is 2.69 bits per heavy atom. The summed E-state index contributed by atoms with van der Waals surface area (Å²) in [5.74, 6) is -2.25. The van der Waals surface area contributed by atoms with Gasteiger partial charge in [0.05, 0.1) is 10.0 Å². The van der Waals surface area contributed by atoms with Crippen LogP contribution in [0.25, 0.3) is 0 Å². The van der Waals surface area contributed by atoms with E-state index in [9.17, 15) is 13.6 Å². The fourth-order valence-electron chi connectivity index (χ4n) is 1.27. The van der Waals surface area contributed by atoms with Crippen LogP contribution in [0.3, 0.4) is 0 Å². The predicted octanol–water partition coefficient (Wildman–Crippen LogP) is 3.04. The Bertz CT molecular complexity index is 407. The first kappa shape index (κ1) is 13.3. The Morgan fingerprint density at radius 1 is 1.50 bits per heavy atom. The molecule has 0 heterocycles. The summed E-state index contributed by atoms with van der Waals surface area (Å²) in [6, 6.07) is 2.13. The second kappa shape index (κ2) is 5.50. The van der Waals surface area contributed by atoms with E-state index in [1.807, 2.05) is 0 Å². The van der Waals surface area contributed by atoms with Crippen LogP contribution in [-0.4, -0.2) is 11.8 Å². The first-order valence-corrected chi connectivity index (χ1v) is 5.65. The summed E-state index contributed by atoms with van der Waals surface area (Å²) in [4.78, 5) is 11.6. The van der Waals surface area contributed by atoms with Crippen LogP contribution in [0.1, 0.15) is 30.1 Å². The second-order valence-electron chi connectivity index (χ2n) is 3.66. The maximum absolute atomic E-state index is 13.5. The summed E-state index contributed by atoms with van der Waals surface area (Å²) in [5, 5.41) is 0. The zero-order chi connectivity index (χ0) is 12.3. The molecule has 1 aromatic carbocycles. The maximum Gasteiger partial charge on any atom is 0.168 e. The highest BCUT2D eigenvalue weighted by atomic mass is 79.9. The minimum absolute atomic E-state index is 0.0436. The summed E-state index contributed by atoms with van der Waals surface area (Å²) in [5.41, 5.74) is 4.99. The molecule has 0 fully saturated rings. The Balaban J connectivity index is 2.95. The van der Waals surface area contributed by atoms with Crippen molar-refractivity contribution in [2.24, 2.45) is 5.73 Å². The molecule has 1 atom stereocenters. The van der Waals surface area contributed by atoms with E-state index < -0.39 is 23.0 Å². The van der Waals surface area contributed by atoms with E-state index in [1.165, 1.54) is 6.07 Å². The molecule has 0 aromatic heterocycles. The summed E-state index contributed by atoms with van der Waals surface area (Å²) < 4.78 is 26.9. The molecule has 0 saturated heterocycles. The van der Waals surface area contributed by atoms with E-state index in [4.69, 9.17) is 5.73 Å². The third kappa shape index (κ3) is 3.09. The van der Waals surface area contributed by atoms with Crippen LogP contribution in [0.2, 0.25) is 0 Å². The van der Waals surface area contributed by atoms with Crippen LogP contribution in [0.15, 0.2) is 16.6 Å². The molecular formula is C11H12BrF2NO. The van der Waals surface area contributed by atoms with Crippen LogP contribution in [-0.2, 0) is 0 Å². The molecular weight excluding hydrogens is 280 g/mol. The van der Waals surface area contributed by atoms with Gasteiger partial charge in [0.15, 0.2) is 11.6 Å². The molecule has 0 amide bonds. The van der Waals surface area contributed by atoms with Gasteiger partial charge in [-0.2, -0.15) is 0 Å². The molecule has 1 unspecified atom stereocenters. The molecule has 88 valence electrons. The molecule has 0 spiro atoms. The lowest BCUT2D eigenvalue weighted by Gasteiger charge is -2.07. The zero-order valence-corrected chi connectivity index (χ0v) is 10.4. The van der Waals surface area contributed by atoms with Gasteiger partial charge in [-0.05, 0) is 41.4 Å². The van der Waals surface area contributed by atoms with Gasteiger partial charge in [0.25, 0.3) is 0 Å². The van der Waals surface area contributed by atoms with Gasteiger partial charge in [0, 0.05) is 12.5 Å². The minimum atomic E-state index is -0.852. The van der Waals surface area contributed by atoms with Crippen molar-refractivity contribution >= 4 is 21.7 Å². The van der Waals surface area contributed by atoms with Crippen molar-refractivity contribution in [2.75, 3.05) is 0 Å². The first-order chi connectivity index (χ1) is 7.43. The average molecular weight is 292 g/mol. The lowest BCUT2D eigenvalue weighted by Crippen LogP contribution is -2.17. The molecule has 16 heavy (non-hydrogen) atoms. The van der Waals surface area contributed by atoms with Gasteiger partial charge in [-0.25, -0.2) is 8.78 Å². The smallest absolute Gasteiger partial charge is 0.168 e. The quantitative estimate of drug-likeness (QED) is 0.684. The standard InChI is InChI=1S/C11H12BrF2NO/c1-6(15)2-5-9(16)10-8(13)4-3-7(12)11(10)14/h3-4,6H,2,5,15H2,1H3. The normalized spacial score (nSPS) is 12.6. The topological polar surface area (TPSA) is 43.1 Å². The van der Waals surface area contributed by atoms with Gasteiger partial charge in [-0.1, -0.05) is 0 Å². The van der Waals surface area contributed by atoms with Gasteiger partial charge in [0.2, 0.25) is 0 Å². The Morgan fingerprint density at radius 2 is 2.12 bits per heavy atom. The molecule has 2 N–H and O–H groups in total. The molecule has 0 aliphatic rings. The van der Waals surface area contributed by atoms with Crippen LogP contribution in [0, 0.1) is 11.6 Å². The number of halogens is 3. The summed E-state index contributed by atoms with van der Waals surface area (Å²) in [7, 11) is 0. The van der Waals surface area contributed by atoms with E-state index in [-0.39, 0.29) is 16.9 Å². The number of hydrogen-bond acceptors (Lipinski definition) is 2. The first-order valence-electron chi connectivity index (χ1n) is 4.85. The number of ketones is 1. The van der Waals surface area contributed by atoms with Crippen molar-refractivity contribution in [3.63, 3.8) is 0 Å². The molecule has 0 aliphatic heterocycles. The molecule has 0 saturated carbocycles. The summed E-state index contributed by atoms with van der Waals surface area (Å²) >= 11 is 2.91. The average Bonchev–Trinajstić information content (AvgIpc) is 2.21. The fraction of sp³-hybridized carbons (Fsp3) is 0.364. The van der Waals surface area contributed by atoms with Crippen molar-refractivity contribution in [3.05, 3.63) is 33.8 Å². The lowest BCUT2D eigenvalue weighted by atomic mass is 10.0. The number of carbonyl (C=O) groups excluding carboxylic acids is 1. The van der Waals surface area contributed by atoms with Crippen LogP contribution in [0.4, 0.5) is 8.78 Å². The van der Waals surface area contributed by atoms with Gasteiger partial charge in [0.1, 0.15) is 5.82 Å². The van der Waals surface area contributed by atoms with Gasteiger partial charge in [-0.3, -0.25) is 4.79 Å². The Kier molecular flexibility index (Phi) is 4.56. The summed E-state index contributed by atoms with van der Waals surface area (Å²) in [6.07, 6.45) is 0.451. The third-order valence-electron chi connectivity index (χ3n) is 2.15. The maximum atomic E-state index is 13.5. The molecule has 0 aliphatic carbocycles. The van der Waals surface area contributed by atoms with Crippen LogP contribution in [0.5, 0.6) is 0 Å². The van der Waals surface area contributed by atoms with E-state index in [0.717, 1.165) is 6.07 Å². The van der Waals surface area contributed by atoms with E-state index in [1.54, 1.807) is 6.92 Å². The number of carbonyl (C=O) groups is 1. The third-order valence-corrected chi connectivity index (χ3v) is 2.76. The van der Waals surface area contributed by atoms with Gasteiger partial charge < -0.3 is 5.73 Å². The van der Waals surface area contributed by atoms with Gasteiger partial charge >= 0.3 is 0 Å². The molecule has 2 nitrogen and oxygen atoms in total. The Labute approximate surface area is 101 Å². The monoisotopic (exact) mass is 291 g/mol. The molecule has 0 bridgehead atoms. The minimum Gasteiger partial charge on any atom is -0.328 e. The SMILES string of the molecule is CC(N)CCC(=O)c1c(F)ccc(Br)c1F. The number of hydrogen-bond donors (Lipinski definition) is 1. The second-order valence-corrected chi connectivity index (χ2v) is 4.51. The fourth-order valence-corrected chi connectivity index (χ4v) is 1.60. The predicted molar refractivity (Wildman–Crippen MR) is 61.3 cm³/mol. The van der Waals surface area contributed by atoms with Crippen molar-refractivity contribution in [1.82, 2.24) is 0 Å². The highest BCUT2D eigenvalue weighted by Crippen LogP contribution is 2.23. The molecule has 1 aromatic rings. The van der Waals surface area contributed by atoms with E-state index >= 15 is 0 Å². The van der Waals surface area contributed by atoms with E-state index in [2.05, 4.69) is 15.9 Å². The number of rotatable bonds is 4. The molecule has 5 heteroatoms. The van der Waals surface area contributed by atoms with Crippen LogP contribution >= 0.6 is 15.9 Å². The number of nitrogens with two attached hydrogens (primary N) is 1. The Hall–Kier alpha value is -0.810. The van der Waals surface area contributed by atoms with Crippen molar-refractivity contribution in [2.45, 2.75) is 25.8 Å². The molecule has 0 radical (unpaired) electrons. The lowest BCUT2D eigenvalue weighted by molar-refractivity contribution is 0.0969.